The van der Waals surface area contributed by atoms with Gasteiger partial charge in [0.2, 0.25) is 0 Å². The third-order valence-electron chi connectivity index (χ3n) is 3.14. The summed E-state index contributed by atoms with van der Waals surface area (Å²) in [6.45, 7) is 1.95. The molecule has 6 nitrogen and oxygen atoms in total. The van der Waals surface area contributed by atoms with E-state index in [1.807, 2.05) is 31.2 Å². The fourth-order valence-electron chi connectivity index (χ4n) is 1.97. The van der Waals surface area contributed by atoms with E-state index in [0.29, 0.717) is 5.82 Å². The van der Waals surface area contributed by atoms with Gasteiger partial charge in [0, 0.05) is 13.2 Å². The molecule has 114 valence electrons. The van der Waals surface area contributed by atoms with Gasteiger partial charge in [-0.05, 0) is 36.3 Å². The first-order valence-corrected chi connectivity index (χ1v) is 6.69. The molecule has 0 fully saturated rings. The van der Waals surface area contributed by atoms with E-state index < -0.39 is 11.5 Å². The Bertz CT molecular complexity index is 778. The molecule has 0 bridgehead atoms. The van der Waals surface area contributed by atoms with Crippen LogP contribution < -0.4 is 15.6 Å². The van der Waals surface area contributed by atoms with Gasteiger partial charge in [-0.15, -0.1) is 0 Å². The first-order chi connectivity index (χ1) is 10.5. The van der Waals surface area contributed by atoms with Crippen molar-refractivity contribution in [1.82, 2.24) is 15.3 Å². The molecule has 1 aromatic heterocycles. The molecule has 22 heavy (non-hydrogen) atoms. The number of nitrogens with zero attached hydrogens (tertiary/aromatic N) is 1. The van der Waals surface area contributed by atoms with Gasteiger partial charge in [-0.1, -0.05) is 12.1 Å². The molecule has 1 heterocycles. The largest absolute Gasteiger partial charge is 0.496 e. The second kappa shape index (κ2) is 6.71. The van der Waals surface area contributed by atoms with Crippen molar-refractivity contribution < 1.29 is 9.53 Å². The summed E-state index contributed by atoms with van der Waals surface area (Å²) in [5, 5.41) is 2.39. The van der Waals surface area contributed by atoms with Crippen LogP contribution in [0.15, 0.2) is 29.2 Å². The highest BCUT2D eigenvalue weighted by Crippen LogP contribution is 2.19. The van der Waals surface area contributed by atoms with Crippen molar-refractivity contribution in [1.29, 1.82) is 0 Å². The Morgan fingerprint density at radius 2 is 2.14 bits per heavy atom. The predicted molar refractivity (Wildman–Crippen MR) is 84.9 cm³/mol. The van der Waals surface area contributed by atoms with Crippen LogP contribution in [0.4, 0.5) is 0 Å². The van der Waals surface area contributed by atoms with E-state index in [0.717, 1.165) is 16.9 Å². The molecule has 2 rings (SSSR count). The van der Waals surface area contributed by atoms with Gasteiger partial charge in [-0.25, -0.2) is 4.98 Å². The molecule has 0 spiro atoms. The van der Waals surface area contributed by atoms with E-state index in [2.05, 4.69) is 15.3 Å². The van der Waals surface area contributed by atoms with Crippen molar-refractivity contribution >= 4 is 18.1 Å². The number of benzene rings is 1. The maximum atomic E-state index is 11.8. The molecule has 0 radical (unpaired) electrons. The van der Waals surface area contributed by atoms with Crippen molar-refractivity contribution in [3.05, 3.63) is 57.3 Å². The van der Waals surface area contributed by atoms with Crippen LogP contribution in [0, 0.1) is 6.92 Å². The number of hydrogen-bond acceptors (Lipinski definition) is 4. The number of aryl methyl sites for hydroxylation is 1. The van der Waals surface area contributed by atoms with Crippen molar-refractivity contribution in [3.63, 3.8) is 0 Å². The molecule has 0 unspecified atom stereocenters. The zero-order valence-electron chi connectivity index (χ0n) is 12.6. The smallest absolute Gasteiger partial charge is 0.263 e. The molecule has 1 amide bonds. The van der Waals surface area contributed by atoms with Gasteiger partial charge in [-0.2, -0.15) is 0 Å². The average molecular weight is 299 g/mol. The summed E-state index contributed by atoms with van der Waals surface area (Å²) in [4.78, 5) is 29.8. The van der Waals surface area contributed by atoms with Crippen LogP contribution in [0.5, 0.6) is 5.75 Å². The lowest BCUT2D eigenvalue weighted by Gasteiger charge is -2.04. The van der Waals surface area contributed by atoms with Gasteiger partial charge < -0.3 is 15.0 Å². The minimum absolute atomic E-state index is 0.0139. The SMILES string of the molecule is CNC(=O)c1cnc(/C=C/c2ccc(OC)c(C)c2)[nH]c1=O. The Hall–Kier alpha value is -2.89. The number of amides is 1. The van der Waals surface area contributed by atoms with E-state index in [1.165, 1.54) is 13.2 Å². The number of hydrogen-bond donors (Lipinski definition) is 2. The number of H-pyrrole nitrogens is 1. The minimum Gasteiger partial charge on any atom is -0.496 e. The topological polar surface area (TPSA) is 84.1 Å². The number of carbonyl (C=O) groups is 1. The Labute approximate surface area is 127 Å². The zero-order chi connectivity index (χ0) is 16.1. The maximum absolute atomic E-state index is 11.8. The first kappa shape index (κ1) is 15.5. The Balaban J connectivity index is 2.23. The van der Waals surface area contributed by atoms with Crippen molar-refractivity contribution in [2.45, 2.75) is 6.92 Å². The normalized spacial score (nSPS) is 10.7. The molecule has 2 N–H and O–H groups in total. The third-order valence-corrected chi connectivity index (χ3v) is 3.14. The van der Waals surface area contributed by atoms with Gasteiger partial charge in [0.25, 0.3) is 11.5 Å². The number of rotatable bonds is 4. The maximum Gasteiger partial charge on any atom is 0.263 e. The van der Waals surface area contributed by atoms with Gasteiger partial charge in [0.1, 0.15) is 17.1 Å². The van der Waals surface area contributed by atoms with E-state index in [1.54, 1.807) is 13.2 Å². The fourth-order valence-corrected chi connectivity index (χ4v) is 1.97. The van der Waals surface area contributed by atoms with E-state index in [4.69, 9.17) is 4.74 Å². The monoisotopic (exact) mass is 299 g/mol. The Kier molecular flexibility index (Phi) is 4.73. The van der Waals surface area contributed by atoms with Gasteiger partial charge >= 0.3 is 0 Å². The van der Waals surface area contributed by atoms with Crippen LogP contribution in [0.3, 0.4) is 0 Å². The van der Waals surface area contributed by atoms with Crippen molar-refractivity contribution in [3.8, 4) is 5.75 Å². The van der Waals surface area contributed by atoms with Crippen LogP contribution in [0.2, 0.25) is 0 Å². The summed E-state index contributed by atoms with van der Waals surface area (Å²) < 4.78 is 5.20. The second-order valence-corrected chi connectivity index (χ2v) is 4.65. The van der Waals surface area contributed by atoms with Crippen LogP contribution in [0.25, 0.3) is 12.2 Å². The minimum atomic E-state index is -0.472. The number of aromatic amines is 1. The van der Waals surface area contributed by atoms with E-state index in [9.17, 15) is 9.59 Å². The Morgan fingerprint density at radius 1 is 1.36 bits per heavy atom. The molecule has 2 aromatic rings. The van der Waals surface area contributed by atoms with Crippen molar-refractivity contribution in [2.24, 2.45) is 0 Å². The molecular weight excluding hydrogens is 282 g/mol. The molecule has 0 aliphatic carbocycles. The standard InChI is InChI=1S/C16H17N3O3/c1-10-8-11(4-6-13(10)22-3)5-7-14-18-9-12(15(20)17-2)16(21)19-14/h4-9H,1-3H3,(H,17,20)(H,18,19,21)/b7-5+. The quantitative estimate of drug-likeness (QED) is 0.898. The number of aromatic nitrogens is 2. The van der Waals surface area contributed by atoms with Crippen LogP contribution >= 0.6 is 0 Å². The van der Waals surface area contributed by atoms with Gasteiger partial charge in [-0.3, -0.25) is 9.59 Å². The summed E-state index contributed by atoms with van der Waals surface area (Å²) in [6, 6.07) is 5.74. The lowest BCUT2D eigenvalue weighted by atomic mass is 10.1. The molecular formula is C16H17N3O3. The first-order valence-electron chi connectivity index (χ1n) is 6.69. The highest BCUT2D eigenvalue weighted by atomic mass is 16.5. The second-order valence-electron chi connectivity index (χ2n) is 4.65. The van der Waals surface area contributed by atoms with Crippen LogP contribution in [0.1, 0.15) is 27.3 Å². The average Bonchev–Trinajstić information content (AvgIpc) is 2.52. The summed E-state index contributed by atoms with van der Waals surface area (Å²) in [5.74, 6) is 0.736. The summed E-state index contributed by atoms with van der Waals surface area (Å²) in [7, 11) is 3.09. The lowest BCUT2D eigenvalue weighted by molar-refractivity contribution is 0.0961. The molecule has 0 saturated carbocycles. The van der Waals surface area contributed by atoms with E-state index in [-0.39, 0.29) is 5.56 Å². The highest BCUT2D eigenvalue weighted by Gasteiger charge is 2.08. The number of nitrogens with one attached hydrogen (secondary N) is 2. The predicted octanol–water partition coefficient (Wildman–Crippen LogP) is 1.62. The molecule has 6 heteroatoms. The zero-order valence-corrected chi connectivity index (χ0v) is 12.6. The summed E-state index contributed by atoms with van der Waals surface area (Å²) in [5.41, 5.74) is 1.48. The molecule has 0 saturated heterocycles. The third kappa shape index (κ3) is 3.41. The molecule has 0 aliphatic rings. The Morgan fingerprint density at radius 3 is 2.73 bits per heavy atom. The van der Waals surface area contributed by atoms with Crippen LogP contribution in [-0.4, -0.2) is 30.0 Å². The molecule has 1 aromatic carbocycles. The fraction of sp³-hybridized carbons (Fsp3) is 0.188. The van der Waals surface area contributed by atoms with E-state index >= 15 is 0 Å². The number of carbonyl (C=O) groups excluding carboxylic acids is 1. The lowest BCUT2D eigenvalue weighted by Crippen LogP contribution is -2.27. The molecule has 0 aliphatic heterocycles. The number of methoxy groups -OCH3 is 1. The van der Waals surface area contributed by atoms with Crippen molar-refractivity contribution in [2.75, 3.05) is 14.2 Å². The van der Waals surface area contributed by atoms with Gasteiger partial charge in [0.15, 0.2) is 0 Å². The highest BCUT2D eigenvalue weighted by molar-refractivity contribution is 5.93. The summed E-state index contributed by atoms with van der Waals surface area (Å²) in [6.07, 6.45) is 4.76. The molecule has 0 atom stereocenters. The van der Waals surface area contributed by atoms with Gasteiger partial charge in [0.05, 0.1) is 7.11 Å². The summed E-state index contributed by atoms with van der Waals surface area (Å²) >= 11 is 0. The number of ether oxygens (including phenoxy) is 1. The van der Waals surface area contributed by atoms with Crippen LogP contribution in [-0.2, 0) is 0 Å².